The van der Waals surface area contributed by atoms with Crippen molar-refractivity contribution < 1.29 is 9.53 Å². The van der Waals surface area contributed by atoms with Gasteiger partial charge in [-0.1, -0.05) is 0 Å². The van der Waals surface area contributed by atoms with E-state index in [4.69, 9.17) is 4.74 Å². The SMILES string of the molecule is O=C(CCc1nccs1)N(Cc1ccncc1)CC1CCCO1. The lowest BCUT2D eigenvalue weighted by atomic mass is 10.1. The first-order chi connectivity index (χ1) is 11.3. The summed E-state index contributed by atoms with van der Waals surface area (Å²) in [5.74, 6) is 0.160. The van der Waals surface area contributed by atoms with Crippen LogP contribution in [0.4, 0.5) is 0 Å². The van der Waals surface area contributed by atoms with Crippen molar-refractivity contribution in [2.24, 2.45) is 0 Å². The highest BCUT2D eigenvalue weighted by Gasteiger charge is 2.22. The zero-order valence-corrected chi connectivity index (χ0v) is 13.9. The van der Waals surface area contributed by atoms with Gasteiger partial charge in [0.1, 0.15) is 0 Å². The zero-order valence-electron chi connectivity index (χ0n) is 13.1. The molecular weight excluding hydrogens is 310 g/mol. The molecule has 1 saturated heterocycles. The third kappa shape index (κ3) is 4.84. The van der Waals surface area contributed by atoms with Crippen LogP contribution in [0.5, 0.6) is 0 Å². The van der Waals surface area contributed by atoms with Crippen LogP contribution in [-0.4, -0.2) is 40.0 Å². The Morgan fingerprint density at radius 3 is 2.91 bits per heavy atom. The van der Waals surface area contributed by atoms with Gasteiger partial charge in [-0.3, -0.25) is 9.78 Å². The second-order valence-corrected chi connectivity index (χ2v) is 6.67. The number of ether oxygens (including phenoxy) is 1. The number of carbonyl (C=O) groups is 1. The van der Waals surface area contributed by atoms with E-state index >= 15 is 0 Å². The molecule has 0 aliphatic carbocycles. The third-order valence-electron chi connectivity index (χ3n) is 3.96. The molecule has 23 heavy (non-hydrogen) atoms. The zero-order chi connectivity index (χ0) is 15.9. The summed E-state index contributed by atoms with van der Waals surface area (Å²) in [7, 11) is 0. The van der Waals surface area contributed by atoms with Gasteiger partial charge in [0.05, 0.1) is 11.1 Å². The maximum absolute atomic E-state index is 12.7. The van der Waals surface area contributed by atoms with E-state index in [-0.39, 0.29) is 12.0 Å². The van der Waals surface area contributed by atoms with Crippen molar-refractivity contribution in [1.29, 1.82) is 0 Å². The van der Waals surface area contributed by atoms with E-state index in [1.807, 2.05) is 22.4 Å². The Hall–Kier alpha value is -1.79. The second kappa shape index (κ2) is 8.17. The van der Waals surface area contributed by atoms with Crippen molar-refractivity contribution in [2.45, 2.75) is 38.3 Å². The molecule has 1 aliphatic rings. The minimum absolute atomic E-state index is 0.160. The summed E-state index contributed by atoms with van der Waals surface area (Å²) in [6.45, 7) is 2.08. The number of thiazole rings is 1. The molecule has 0 aromatic carbocycles. The molecule has 1 fully saturated rings. The van der Waals surface area contributed by atoms with Gasteiger partial charge in [-0.05, 0) is 30.5 Å². The summed E-state index contributed by atoms with van der Waals surface area (Å²) in [4.78, 5) is 22.9. The first-order valence-corrected chi connectivity index (χ1v) is 8.86. The molecule has 2 aromatic rings. The maximum Gasteiger partial charge on any atom is 0.223 e. The molecule has 0 radical (unpaired) electrons. The Morgan fingerprint density at radius 1 is 1.35 bits per heavy atom. The van der Waals surface area contributed by atoms with Crippen LogP contribution in [0, 0.1) is 0 Å². The molecule has 1 unspecified atom stereocenters. The average molecular weight is 331 g/mol. The lowest BCUT2D eigenvalue weighted by molar-refractivity contribution is -0.133. The third-order valence-corrected chi connectivity index (χ3v) is 4.80. The number of aryl methyl sites for hydroxylation is 1. The number of hydrogen-bond donors (Lipinski definition) is 0. The lowest BCUT2D eigenvalue weighted by Crippen LogP contribution is -2.37. The minimum Gasteiger partial charge on any atom is -0.376 e. The molecule has 6 heteroatoms. The Bertz CT molecular complexity index is 598. The Kier molecular flexibility index (Phi) is 5.71. The van der Waals surface area contributed by atoms with Crippen molar-refractivity contribution in [3.8, 4) is 0 Å². The van der Waals surface area contributed by atoms with Crippen LogP contribution in [0.3, 0.4) is 0 Å². The van der Waals surface area contributed by atoms with E-state index in [1.54, 1.807) is 29.9 Å². The van der Waals surface area contributed by atoms with Crippen molar-refractivity contribution in [3.05, 3.63) is 46.7 Å². The summed E-state index contributed by atoms with van der Waals surface area (Å²) in [5.41, 5.74) is 1.10. The topological polar surface area (TPSA) is 55.3 Å². The van der Waals surface area contributed by atoms with Crippen molar-refractivity contribution in [1.82, 2.24) is 14.9 Å². The number of nitrogens with zero attached hydrogens (tertiary/aromatic N) is 3. The van der Waals surface area contributed by atoms with E-state index in [9.17, 15) is 4.79 Å². The summed E-state index contributed by atoms with van der Waals surface area (Å²) in [5, 5.41) is 2.96. The van der Waals surface area contributed by atoms with E-state index in [0.717, 1.165) is 30.0 Å². The van der Waals surface area contributed by atoms with Crippen molar-refractivity contribution >= 4 is 17.2 Å². The number of carbonyl (C=O) groups excluding carboxylic acids is 1. The fourth-order valence-electron chi connectivity index (χ4n) is 2.75. The fourth-order valence-corrected chi connectivity index (χ4v) is 3.37. The highest BCUT2D eigenvalue weighted by atomic mass is 32.1. The van der Waals surface area contributed by atoms with Crippen LogP contribution in [0.15, 0.2) is 36.1 Å². The highest BCUT2D eigenvalue weighted by molar-refractivity contribution is 7.09. The maximum atomic E-state index is 12.7. The average Bonchev–Trinajstić information content (AvgIpc) is 3.26. The first-order valence-electron chi connectivity index (χ1n) is 7.98. The van der Waals surface area contributed by atoms with Gasteiger partial charge in [0, 0.05) is 56.5 Å². The molecule has 2 aromatic heterocycles. The van der Waals surface area contributed by atoms with E-state index in [1.165, 1.54) is 0 Å². The summed E-state index contributed by atoms with van der Waals surface area (Å²) in [6, 6.07) is 3.91. The lowest BCUT2D eigenvalue weighted by Gasteiger charge is -2.25. The number of amides is 1. The van der Waals surface area contributed by atoms with Gasteiger partial charge in [-0.15, -0.1) is 11.3 Å². The predicted molar refractivity (Wildman–Crippen MR) is 89.1 cm³/mol. The van der Waals surface area contributed by atoms with Crippen LogP contribution in [0.25, 0.3) is 0 Å². The number of rotatable bonds is 7. The van der Waals surface area contributed by atoms with Crippen LogP contribution in [0.1, 0.15) is 29.8 Å². The molecule has 1 atom stereocenters. The second-order valence-electron chi connectivity index (χ2n) is 5.69. The van der Waals surface area contributed by atoms with Crippen LogP contribution >= 0.6 is 11.3 Å². The summed E-state index contributed by atoms with van der Waals surface area (Å²) >= 11 is 1.60. The number of aromatic nitrogens is 2. The standard InChI is InChI=1S/C17H21N3O2S/c21-17(4-3-16-19-9-11-23-16)20(13-15-2-1-10-22-15)12-14-5-7-18-8-6-14/h5-9,11,15H,1-4,10,12-13H2. The van der Waals surface area contributed by atoms with Gasteiger partial charge in [0.15, 0.2) is 0 Å². The van der Waals surface area contributed by atoms with Crippen LogP contribution < -0.4 is 0 Å². The quantitative estimate of drug-likeness (QED) is 0.783. The van der Waals surface area contributed by atoms with Gasteiger partial charge in [-0.2, -0.15) is 0 Å². The Balaban J connectivity index is 1.61. The smallest absolute Gasteiger partial charge is 0.223 e. The summed E-state index contributed by atoms with van der Waals surface area (Å²) in [6.07, 6.45) is 8.79. The molecule has 122 valence electrons. The van der Waals surface area contributed by atoms with Gasteiger partial charge in [-0.25, -0.2) is 4.98 Å². The molecule has 1 aliphatic heterocycles. The van der Waals surface area contributed by atoms with Crippen LogP contribution in [-0.2, 0) is 22.5 Å². The predicted octanol–water partition coefficient (Wildman–Crippen LogP) is 2.68. The fraction of sp³-hybridized carbons (Fsp3) is 0.471. The largest absolute Gasteiger partial charge is 0.376 e. The van der Waals surface area contributed by atoms with Crippen molar-refractivity contribution in [2.75, 3.05) is 13.2 Å². The van der Waals surface area contributed by atoms with Crippen molar-refractivity contribution in [3.63, 3.8) is 0 Å². The van der Waals surface area contributed by atoms with Gasteiger partial charge >= 0.3 is 0 Å². The molecule has 3 rings (SSSR count). The minimum atomic E-state index is 0.160. The van der Waals surface area contributed by atoms with Gasteiger partial charge in [0.2, 0.25) is 5.91 Å². The number of hydrogen-bond acceptors (Lipinski definition) is 5. The monoisotopic (exact) mass is 331 g/mol. The molecule has 0 saturated carbocycles. The molecular formula is C17H21N3O2S. The summed E-state index contributed by atoms with van der Waals surface area (Å²) < 4.78 is 5.71. The Morgan fingerprint density at radius 2 is 2.22 bits per heavy atom. The molecule has 3 heterocycles. The molecule has 0 N–H and O–H groups in total. The molecule has 0 spiro atoms. The normalized spacial score (nSPS) is 17.3. The molecule has 0 bridgehead atoms. The Labute approximate surface area is 140 Å². The molecule has 5 nitrogen and oxygen atoms in total. The van der Waals surface area contributed by atoms with E-state index in [0.29, 0.717) is 25.9 Å². The highest BCUT2D eigenvalue weighted by Crippen LogP contribution is 2.16. The van der Waals surface area contributed by atoms with Gasteiger partial charge < -0.3 is 9.64 Å². The van der Waals surface area contributed by atoms with E-state index < -0.39 is 0 Å². The molecule has 1 amide bonds. The van der Waals surface area contributed by atoms with Crippen LogP contribution in [0.2, 0.25) is 0 Å². The van der Waals surface area contributed by atoms with Gasteiger partial charge in [0.25, 0.3) is 0 Å². The van der Waals surface area contributed by atoms with E-state index in [2.05, 4.69) is 9.97 Å². The first kappa shape index (κ1) is 16.1. The number of pyridine rings is 1.